The fraction of sp³-hybridized carbons (Fsp3) is 0.464. The van der Waals surface area contributed by atoms with E-state index in [1.807, 2.05) is 18.2 Å². The number of amides is 1. The van der Waals surface area contributed by atoms with Crippen molar-refractivity contribution in [2.75, 3.05) is 25.3 Å². The van der Waals surface area contributed by atoms with Crippen LogP contribution in [-0.2, 0) is 20.4 Å². The van der Waals surface area contributed by atoms with Gasteiger partial charge in [0, 0.05) is 43.2 Å². The number of carbonyl (C=O) groups is 1. The van der Waals surface area contributed by atoms with Gasteiger partial charge in [0.1, 0.15) is 5.82 Å². The highest BCUT2D eigenvalue weighted by molar-refractivity contribution is 6.03. The number of hydrogen-bond donors (Lipinski definition) is 1. The minimum atomic E-state index is -0.660. The maximum atomic E-state index is 15.4. The van der Waals surface area contributed by atoms with Crippen LogP contribution in [0.15, 0.2) is 36.4 Å². The molecule has 35 heavy (non-hydrogen) atoms. The van der Waals surface area contributed by atoms with Gasteiger partial charge < -0.3 is 24.1 Å². The van der Waals surface area contributed by atoms with E-state index in [1.54, 1.807) is 12.1 Å². The number of aromatic nitrogens is 1. The summed E-state index contributed by atoms with van der Waals surface area (Å²) in [5, 5.41) is 3.84. The van der Waals surface area contributed by atoms with E-state index in [-0.39, 0.29) is 31.3 Å². The third kappa shape index (κ3) is 3.77. The van der Waals surface area contributed by atoms with Gasteiger partial charge in [-0.1, -0.05) is 26.8 Å². The maximum absolute atomic E-state index is 15.4. The molecule has 2 aliphatic heterocycles. The number of hydrogen-bond acceptors (Lipinski definition) is 4. The molecule has 3 aromatic rings. The standard InChI is InChI=1S/C28H31FN2O4.H2/c1-27(2,3)25-13-17-12-21(20(29)15-22(17)31(25)19-6-10-33-11-7-19)30-26(32)28(8-9-28)18-4-5-23-24(14-18)35-16-34-23;/h4-5,12-15,19H,6-11,16H2,1-3H3,(H,30,32);1H. The first kappa shape index (κ1) is 22.4. The average molecular weight is 481 g/mol. The molecule has 6 nitrogen and oxygen atoms in total. The Morgan fingerprint density at radius 2 is 1.83 bits per heavy atom. The van der Waals surface area contributed by atoms with Crippen LogP contribution in [0.25, 0.3) is 10.9 Å². The number of carbonyl (C=O) groups excluding carboxylic acids is 1. The third-order valence-electron chi connectivity index (χ3n) is 7.61. The molecule has 1 saturated carbocycles. The number of anilines is 1. The van der Waals surface area contributed by atoms with Crippen LogP contribution in [0.2, 0.25) is 0 Å². The molecule has 1 N–H and O–H groups in total. The first-order valence-corrected chi connectivity index (χ1v) is 12.4. The lowest BCUT2D eigenvalue weighted by Gasteiger charge is -2.30. The van der Waals surface area contributed by atoms with Crippen molar-refractivity contribution >= 4 is 22.5 Å². The normalized spacial score (nSPS) is 19.2. The molecule has 3 heterocycles. The van der Waals surface area contributed by atoms with Crippen molar-refractivity contribution in [3.63, 3.8) is 0 Å². The van der Waals surface area contributed by atoms with Gasteiger partial charge in [-0.15, -0.1) is 0 Å². The highest BCUT2D eigenvalue weighted by Crippen LogP contribution is 2.51. The molecule has 0 radical (unpaired) electrons. The Morgan fingerprint density at radius 3 is 2.54 bits per heavy atom. The van der Waals surface area contributed by atoms with Crippen LogP contribution in [0.4, 0.5) is 10.1 Å². The zero-order valence-corrected chi connectivity index (χ0v) is 20.4. The Hall–Kier alpha value is -3.06. The summed E-state index contributed by atoms with van der Waals surface area (Å²) in [5.41, 5.74) is 2.37. The zero-order valence-electron chi connectivity index (χ0n) is 20.4. The smallest absolute Gasteiger partial charge is 0.235 e. The molecule has 0 spiro atoms. The summed E-state index contributed by atoms with van der Waals surface area (Å²) >= 11 is 0. The molecule has 2 fully saturated rings. The van der Waals surface area contributed by atoms with Crippen LogP contribution in [0, 0.1) is 5.82 Å². The number of nitrogens with one attached hydrogen (secondary N) is 1. The van der Waals surface area contributed by atoms with E-state index in [9.17, 15) is 4.79 Å². The number of halogens is 1. The molecule has 7 heteroatoms. The summed E-state index contributed by atoms with van der Waals surface area (Å²) in [6.07, 6.45) is 3.25. The summed E-state index contributed by atoms with van der Waals surface area (Å²) in [6, 6.07) is 11.4. The molecular formula is C28H33FN2O4. The highest BCUT2D eigenvalue weighted by atomic mass is 19.1. The van der Waals surface area contributed by atoms with Crippen molar-refractivity contribution in [3.05, 3.63) is 53.5 Å². The van der Waals surface area contributed by atoms with Gasteiger partial charge in [0.2, 0.25) is 12.7 Å². The second-order valence-corrected chi connectivity index (χ2v) is 11.0. The highest BCUT2D eigenvalue weighted by Gasteiger charge is 2.52. The van der Waals surface area contributed by atoms with Crippen LogP contribution in [0.3, 0.4) is 0 Å². The predicted octanol–water partition coefficient (Wildman–Crippen LogP) is 6.07. The van der Waals surface area contributed by atoms with Crippen molar-refractivity contribution < 1.29 is 24.8 Å². The zero-order chi connectivity index (χ0) is 24.4. The summed E-state index contributed by atoms with van der Waals surface area (Å²) in [6.45, 7) is 8.15. The Labute approximate surface area is 205 Å². The Bertz CT molecular complexity index is 1320. The SMILES string of the molecule is CC(C)(C)c1cc2cc(NC(=O)C3(c4ccc5c(c4)OCO5)CC3)c(F)cc2n1C1CCOCC1.[HH]. The monoisotopic (exact) mass is 480 g/mol. The Morgan fingerprint density at radius 1 is 1.09 bits per heavy atom. The molecular weight excluding hydrogens is 447 g/mol. The number of benzene rings is 2. The van der Waals surface area contributed by atoms with Gasteiger partial charge in [0.25, 0.3) is 0 Å². The van der Waals surface area contributed by atoms with E-state index in [4.69, 9.17) is 14.2 Å². The number of fused-ring (bicyclic) bond motifs is 2. The van der Waals surface area contributed by atoms with Gasteiger partial charge in [-0.2, -0.15) is 0 Å². The van der Waals surface area contributed by atoms with Gasteiger partial charge in [-0.3, -0.25) is 4.79 Å². The van der Waals surface area contributed by atoms with Crippen molar-refractivity contribution in [1.82, 2.24) is 4.57 Å². The molecule has 1 aromatic heterocycles. The fourth-order valence-corrected chi connectivity index (χ4v) is 5.47. The van der Waals surface area contributed by atoms with Gasteiger partial charge in [0.15, 0.2) is 11.5 Å². The quantitative estimate of drug-likeness (QED) is 0.492. The summed E-state index contributed by atoms with van der Waals surface area (Å²) in [5.74, 6) is 0.734. The second kappa shape index (κ2) is 7.98. The lowest BCUT2D eigenvalue weighted by molar-refractivity contribution is -0.118. The topological polar surface area (TPSA) is 61.7 Å². The van der Waals surface area contributed by atoms with Crippen LogP contribution >= 0.6 is 0 Å². The Balaban J connectivity index is 0.00000267. The molecule has 1 saturated heterocycles. The maximum Gasteiger partial charge on any atom is 0.235 e. The number of ether oxygens (including phenoxy) is 3. The van der Waals surface area contributed by atoms with Crippen LogP contribution < -0.4 is 14.8 Å². The Kier molecular flexibility index (Phi) is 5.11. The van der Waals surface area contributed by atoms with Crippen molar-refractivity contribution in [2.24, 2.45) is 0 Å². The van der Waals surface area contributed by atoms with E-state index >= 15 is 4.39 Å². The van der Waals surface area contributed by atoms with Crippen LogP contribution in [0.5, 0.6) is 11.5 Å². The molecule has 1 amide bonds. The van der Waals surface area contributed by atoms with Crippen molar-refractivity contribution in [3.8, 4) is 11.5 Å². The molecule has 0 bridgehead atoms. The van der Waals surface area contributed by atoms with Crippen LogP contribution in [-0.4, -0.2) is 30.5 Å². The van der Waals surface area contributed by atoms with Gasteiger partial charge in [-0.05, 0) is 55.5 Å². The van der Waals surface area contributed by atoms with Crippen LogP contribution in [0.1, 0.15) is 65.2 Å². The van der Waals surface area contributed by atoms with E-state index in [1.165, 1.54) is 5.69 Å². The van der Waals surface area contributed by atoms with E-state index in [0.29, 0.717) is 24.7 Å². The van der Waals surface area contributed by atoms with Crippen molar-refractivity contribution in [1.29, 1.82) is 0 Å². The predicted molar refractivity (Wildman–Crippen MR) is 134 cm³/mol. The molecule has 3 aliphatic rings. The molecule has 6 rings (SSSR count). The second-order valence-electron chi connectivity index (χ2n) is 11.0. The minimum absolute atomic E-state index is 0. The summed E-state index contributed by atoms with van der Waals surface area (Å²) < 4.78 is 34.2. The first-order valence-electron chi connectivity index (χ1n) is 12.4. The molecule has 2 aromatic carbocycles. The minimum Gasteiger partial charge on any atom is -0.454 e. The number of rotatable bonds is 4. The fourth-order valence-electron chi connectivity index (χ4n) is 5.47. The van der Waals surface area contributed by atoms with Gasteiger partial charge in [0.05, 0.1) is 16.6 Å². The van der Waals surface area contributed by atoms with Crippen molar-refractivity contribution in [2.45, 2.75) is 63.3 Å². The summed E-state index contributed by atoms with van der Waals surface area (Å²) in [4.78, 5) is 13.4. The average Bonchev–Trinajstić information content (AvgIpc) is 3.36. The van der Waals surface area contributed by atoms with E-state index < -0.39 is 11.2 Å². The first-order chi connectivity index (χ1) is 16.8. The molecule has 0 unspecified atom stereocenters. The largest absolute Gasteiger partial charge is 0.454 e. The number of nitrogens with zero attached hydrogens (tertiary/aromatic N) is 1. The van der Waals surface area contributed by atoms with E-state index in [2.05, 4.69) is 36.7 Å². The molecule has 186 valence electrons. The van der Waals surface area contributed by atoms with Gasteiger partial charge in [-0.25, -0.2) is 4.39 Å². The summed E-state index contributed by atoms with van der Waals surface area (Å²) in [7, 11) is 0. The lowest BCUT2D eigenvalue weighted by Crippen LogP contribution is -2.28. The van der Waals surface area contributed by atoms with E-state index in [0.717, 1.165) is 42.1 Å². The van der Waals surface area contributed by atoms with Gasteiger partial charge >= 0.3 is 0 Å². The molecule has 0 atom stereocenters. The lowest BCUT2D eigenvalue weighted by atomic mass is 9.91. The molecule has 1 aliphatic carbocycles. The third-order valence-corrected chi connectivity index (χ3v) is 7.61.